The number of rotatable bonds is 2. The van der Waals surface area contributed by atoms with Crippen LogP contribution in [0.4, 0.5) is 0 Å². The van der Waals surface area contributed by atoms with Crippen LogP contribution in [0.15, 0.2) is 83.3 Å². The minimum Gasteiger partial charge on any atom is -0.455 e. The van der Waals surface area contributed by atoms with Crippen molar-refractivity contribution in [1.82, 2.24) is 0 Å². The van der Waals surface area contributed by atoms with Crippen LogP contribution in [0, 0.1) is 0 Å². The van der Waals surface area contributed by atoms with Gasteiger partial charge in [0, 0.05) is 27.3 Å². The van der Waals surface area contributed by atoms with Gasteiger partial charge in [0.25, 0.3) is 0 Å². The fraction of sp³-hybridized carbons (Fsp3) is 0. The van der Waals surface area contributed by atoms with Crippen molar-refractivity contribution in [2.75, 3.05) is 0 Å². The first kappa shape index (κ1) is 15.2. The van der Waals surface area contributed by atoms with Crippen LogP contribution >= 0.6 is 11.6 Å². The summed E-state index contributed by atoms with van der Waals surface area (Å²) in [7, 11) is 0. The first-order valence-electron chi connectivity index (χ1n) is 8.36. The van der Waals surface area contributed by atoms with Gasteiger partial charge < -0.3 is 4.42 Å². The van der Waals surface area contributed by atoms with Crippen LogP contribution in [-0.2, 0) is 0 Å². The summed E-state index contributed by atoms with van der Waals surface area (Å²) in [5.41, 5.74) is 4.81. The van der Waals surface area contributed by atoms with E-state index in [1.54, 1.807) is 6.07 Å². The molecule has 0 spiro atoms. The lowest BCUT2D eigenvalue weighted by Crippen LogP contribution is -1.96. The summed E-state index contributed by atoms with van der Waals surface area (Å²) >= 11 is 6.14. The third-order valence-electron chi connectivity index (χ3n) is 4.70. The lowest BCUT2D eigenvalue weighted by Gasteiger charge is -2.04. The van der Waals surface area contributed by atoms with E-state index >= 15 is 0 Å². The van der Waals surface area contributed by atoms with Crippen LogP contribution in [0.25, 0.3) is 33.8 Å². The topological polar surface area (TPSA) is 30.2 Å². The third kappa shape index (κ3) is 2.16. The van der Waals surface area contributed by atoms with Gasteiger partial charge in [-0.2, -0.15) is 0 Å². The van der Waals surface area contributed by atoms with Crippen molar-refractivity contribution < 1.29 is 9.21 Å². The standard InChI is InChI=1S/C23H13ClO2/c24-16-11-12-17-18(13-16)21(25)20-19(17)22(14-7-3-1-4-8-14)26-23(20)15-9-5-2-6-10-15/h1-13H. The van der Waals surface area contributed by atoms with Gasteiger partial charge in [-0.1, -0.05) is 78.3 Å². The Morgan fingerprint density at radius 2 is 1.23 bits per heavy atom. The van der Waals surface area contributed by atoms with Gasteiger partial charge in [0.1, 0.15) is 11.5 Å². The van der Waals surface area contributed by atoms with E-state index in [1.165, 1.54) is 0 Å². The Morgan fingerprint density at radius 1 is 0.654 bits per heavy atom. The normalized spacial score (nSPS) is 12.1. The van der Waals surface area contributed by atoms with Gasteiger partial charge in [0.05, 0.1) is 5.56 Å². The minimum absolute atomic E-state index is 0.0396. The average molecular weight is 357 g/mol. The van der Waals surface area contributed by atoms with Gasteiger partial charge in [0.15, 0.2) is 5.78 Å². The van der Waals surface area contributed by atoms with E-state index in [0.717, 1.165) is 22.3 Å². The Bertz CT molecular complexity index is 1140. The Balaban J connectivity index is 1.86. The van der Waals surface area contributed by atoms with E-state index in [0.29, 0.717) is 27.7 Å². The molecular weight excluding hydrogens is 344 g/mol. The van der Waals surface area contributed by atoms with Crippen molar-refractivity contribution in [3.05, 3.63) is 95.0 Å². The quantitative estimate of drug-likeness (QED) is 0.362. The minimum atomic E-state index is -0.0396. The van der Waals surface area contributed by atoms with Crippen LogP contribution in [0.1, 0.15) is 15.9 Å². The summed E-state index contributed by atoms with van der Waals surface area (Å²) in [6, 6.07) is 25.1. The molecule has 0 aliphatic heterocycles. The second kappa shape index (κ2) is 5.72. The largest absolute Gasteiger partial charge is 0.455 e. The molecule has 0 bridgehead atoms. The lowest BCUT2D eigenvalue weighted by molar-refractivity contribution is 0.104. The number of hydrogen-bond donors (Lipinski definition) is 0. The molecule has 0 unspecified atom stereocenters. The highest BCUT2D eigenvalue weighted by Gasteiger charge is 2.36. The predicted molar refractivity (Wildman–Crippen MR) is 103 cm³/mol. The maximum Gasteiger partial charge on any atom is 0.198 e. The molecule has 0 fully saturated rings. The molecule has 5 rings (SSSR count). The van der Waals surface area contributed by atoms with Crippen molar-refractivity contribution in [2.45, 2.75) is 0 Å². The molecule has 124 valence electrons. The second-order valence-corrected chi connectivity index (χ2v) is 6.70. The first-order valence-corrected chi connectivity index (χ1v) is 8.74. The van der Waals surface area contributed by atoms with E-state index in [4.69, 9.17) is 16.0 Å². The zero-order valence-electron chi connectivity index (χ0n) is 13.7. The van der Waals surface area contributed by atoms with Gasteiger partial charge in [-0.05, 0) is 17.7 Å². The van der Waals surface area contributed by atoms with E-state index < -0.39 is 0 Å². The average Bonchev–Trinajstić information content (AvgIpc) is 3.20. The molecule has 0 N–H and O–H groups in total. The summed E-state index contributed by atoms with van der Waals surface area (Å²) in [5, 5.41) is 0.557. The van der Waals surface area contributed by atoms with E-state index in [9.17, 15) is 4.79 Å². The molecule has 0 radical (unpaired) electrons. The highest BCUT2D eigenvalue weighted by atomic mass is 35.5. The number of furan rings is 1. The van der Waals surface area contributed by atoms with Crippen molar-refractivity contribution >= 4 is 17.4 Å². The zero-order chi connectivity index (χ0) is 17.7. The predicted octanol–water partition coefficient (Wildman–Crippen LogP) is 6.48. The Labute approximate surface area is 155 Å². The molecule has 2 nitrogen and oxygen atoms in total. The molecule has 0 saturated carbocycles. The summed E-state index contributed by atoms with van der Waals surface area (Å²) in [4.78, 5) is 13.2. The Hall–Kier alpha value is -3.10. The lowest BCUT2D eigenvalue weighted by atomic mass is 10.0. The van der Waals surface area contributed by atoms with Crippen molar-refractivity contribution in [1.29, 1.82) is 0 Å². The number of fused-ring (bicyclic) bond motifs is 3. The SMILES string of the molecule is O=C1c2cc(Cl)ccc2-c2c(-c3ccccc3)oc(-c3ccccc3)c21. The maximum atomic E-state index is 13.2. The molecule has 1 aliphatic carbocycles. The molecular formula is C23H13ClO2. The van der Waals surface area contributed by atoms with Crippen LogP contribution in [0.3, 0.4) is 0 Å². The van der Waals surface area contributed by atoms with Crippen LogP contribution < -0.4 is 0 Å². The van der Waals surface area contributed by atoms with Crippen LogP contribution in [0.2, 0.25) is 5.02 Å². The van der Waals surface area contributed by atoms with E-state index in [1.807, 2.05) is 72.8 Å². The molecule has 4 aromatic rings. The van der Waals surface area contributed by atoms with Crippen molar-refractivity contribution in [3.8, 4) is 33.8 Å². The highest BCUT2D eigenvalue weighted by molar-refractivity contribution is 6.33. The maximum absolute atomic E-state index is 13.2. The summed E-state index contributed by atoms with van der Waals surface area (Å²) in [5.74, 6) is 1.29. The first-order chi connectivity index (χ1) is 12.7. The van der Waals surface area contributed by atoms with Gasteiger partial charge in [-0.3, -0.25) is 4.79 Å². The van der Waals surface area contributed by atoms with E-state index in [2.05, 4.69) is 0 Å². The zero-order valence-corrected chi connectivity index (χ0v) is 14.5. The number of benzene rings is 3. The van der Waals surface area contributed by atoms with Crippen LogP contribution in [-0.4, -0.2) is 5.78 Å². The number of carbonyl (C=O) groups excluding carboxylic acids is 1. The van der Waals surface area contributed by atoms with Gasteiger partial charge in [0.2, 0.25) is 0 Å². The number of halogens is 1. The fourth-order valence-electron chi connectivity index (χ4n) is 3.55. The fourth-order valence-corrected chi connectivity index (χ4v) is 3.72. The molecule has 3 heteroatoms. The molecule has 1 aliphatic rings. The molecule has 3 aromatic carbocycles. The van der Waals surface area contributed by atoms with E-state index in [-0.39, 0.29) is 5.78 Å². The molecule has 1 heterocycles. The molecule has 26 heavy (non-hydrogen) atoms. The summed E-state index contributed by atoms with van der Waals surface area (Å²) in [6.07, 6.45) is 0. The summed E-state index contributed by atoms with van der Waals surface area (Å²) in [6.45, 7) is 0. The van der Waals surface area contributed by atoms with Gasteiger partial charge in [-0.25, -0.2) is 0 Å². The Kier molecular flexibility index (Phi) is 3.34. The van der Waals surface area contributed by atoms with Crippen molar-refractivity contribution in [3.63, 3.8) is 0 Å². The van der Waals surface area contributed by atoms with Gasteiger partial charge in [-0.15, -0.1) is 0 Å². The molecule has 0 amide bonds. The van der Waals surface area contributed by atoms with Crippen molar-refractivity contribution in [2.24, 2.45) is 0 Å². The molecule has 0 saturated heterocycles. The second-order valence-electron chi connectivity index (χ2n) is 6.26. The summed E-state index contributed by atoms with van der Waals surface area (Å²) < 4.78 is 6.26. The smallest absolute Gasteiger partial charge is 0.198 e. The number of hydrogen-bond acceptors (Lipinski definition) is 2. The van der Waals surface area contributed by atoms with Gasteiger partial charge >= 0.3 is 0 Å². The monoisotopic (exact) mass is 356 g/mol. The number of ketones is 1. The highest BCUT2D eigenvalue weighted by Crippen LogP contribution is 2.49. The molecule has 1 aromatic heterocycles. The van der Waals surface area contributed by atoms with Crippen LogP contribution in [0.5, 0.6) is 0 Å². The third-order valence-corrected chi connectivity index (χ3v) is 4.94. The number of carbonyl (C=O) groups is 1. The molecule has 0 atom stereocenters. The Morgan fingerprint density at radius 3 is 1.85 bits per heavy atom.